The Morgan fingerprint density at radius 3 is 1.42 bits per heavy atom. The van der Waals surface area contributed by atoms with E-state index < -0.39 is 139 Å². The second-order valence-electron chi connectivity index (χ2n) is 12.2. The topological polar surface area (TPSA) is 279 Å². The Balaban J connectivity index is 2.11. The molecular formula is C34H42O21. The van der Waals surface area contributed by atoms with Gasteiger partial charge in [0.25, 0.3) is 0 Å². The Morgan fingerprint density at radius 1 is 0.545 bits per heavy atom. The molecule has 0 bridgehead atoms. The standard InChI is InChI=1S/C34H42O21/c1-13(35)26-22(43)9-21(10-23(26)53-33-27(44)30(49-18(6)40)28(47-16(4)38)24(54-33)11-45-14(2)36)52-34-32(51-20(8)42)31(50-19(7)41)29(48-17(5)39)25(55-34)12-46-15(3)37/h9-10,24-25,27-34,43-44H,11-12H2,1-8H3/t24-,25+,27-,28-,29+,30+,31+,32-,33-,34+/m1/s1. The van der Waals surface area contributed by atoms with Crippen molar-refractivity contribution in [2.75, 3.05) is 13.2 Å². The molecule has 10 atom stereocenters. The molecule has 0 aromatic heterocycles. The first kappa shape index (κ1) is 43.9. The summed E-state index contributed by atoms with van der Waals surface area (Å²) in [6, 6.07) is 1.94. The fraction of sp³-hybridized carbons (Fsp3) is 0.588. The zero-order chi connectivity index (χ0) is 41.3. The fourth-order valence-corrected chi connectivity index (χ4v) is 5.62. The minimum absolute atomic E-state index is 0.380. The predicted octanol–water partition coefficient (Wildman–Crippen LogP) is -0.0522. The van der Waals surface area contributed by atoms with E-state index in [1.54, 1.807) is 0 Å². The Kier molecular flexibility index (Phi) is 15.3. The number of aromatic hydroxyl groups is 1. The number of ketones is 1. The van der Waals surface area contributed by atoms with Crippen LogP contribution in [0, 0.1) is 0 Å². The number of rotatable bonds is 14. The van der Waals surface area contributed by atoms with Gasteiger partial charge in [-0.05, 0) is 6.92 Å². The molecule has 0 amide bonds. The lowest BCUT2D eigenvalue weighted by Gasteiger charge is -2.44. The highest BCUT2D eigenvalue weighted by atomic mass is 16.7. The highest BCUT2D eigenvalue weighted by Gasteiger charge is 2.54. The summed E-state index contributed by atoms with van der Waals surface area (Å²) >= 11 is 0. The summed E-state index contributed by atoms with van der Waals surface area (Å²) in [6.45, 7) is 7.14. The molecular weight excluding hydrogens is 744 g/mol. The summed E-state index contributed by atoms with van der Waals surface area (Å²) in [7, 11) is 0. The van der Waals surface area contributed by atoms with Gasteiger partial charge in [0.2, 0.25) is 18.7 Å². The molecule has 2 saturated heterocycles. The Bertz CT molecular complexity index is 1640. The lowest BCUT2D eigenvalue weighted by atomic mass is 9.98. The third kappa shape index (κ3) is 12.2. The summed E-state index contributed by atoms with van der Waals surface area (Å²) in [4.78, 5) is 96.6. The molecule has 21 heteroatoms. The molecule has 21 nitrogen and oxygen atoms in total. The van der Waals surface area contributed by atoms with E-state index in [1.165, 1.54) is 0 Å². The number of carbonyl (C=O) groups is 8. The van der Waals surface area contributed by atoms with E-state index in [2.05, 4.69) is 0 Å². The van der Waals surface area contributed by atoms with Crippen LogP contribution in [0.15, 0.2) is 12.1 Å². The zero-order valence-electron chi connectivity index (χ0n) is 31.0. The van der Waals surface area contributed by atoms with Crippen LogP contribution in [0.2, 0.25) is 0 Å². The summed E-state index contributed by atoms with van der Waals surface area (Å²) in [5.41, 5.74) is -0.479. The summed E-state index contributed by atoms with van der Waals surface area (Å²) < 4.78 is 60.2. The summed E-state index contributed by atoms with van der Waals surface area (Å²) in [5.74, 6) is -8.48. The predicted molar refractivity (Wildman–Crippen MR) is 174 cm³/mol. The van der Waals surface area contributed by atoms with Crippen molar-refractivity contribution in [1.29, 1.82) is 0 Å². The number of Topliss-reactive ketones (excluding diaryl/α,β-unsaturated/α-hetero) is 1. The van der Waals surface area contributed by atoms with Crippen LogP contribution < -0.4 is 9.47 Å². The van der Waals surface area contributed by atoms with Gasteiger partial charge in [0.1, 0.15) is 48.2 Å². The van der Waals surface area contributed by atoms with Crippen molar-refractivity contribution in [2.45, 2.75) is 117 Å². The van der Waals surface area contributed by atoms with Gasteiger partial charge in [0.05, 0.1) is 0 Å². The van der Waals surface area contributed by atoms with Crippen LogP contribution in [0.25, 0.3) is 0 Å². The van der Waals surface area contributed by atoms with Gasteiger partial charge in [0, 0.05) is 60.6 Å². The van der Waals surface area contributed by atoms with E-state index in [4.69, 9.17) is 52.1 Å². The van der Waals surface area contributed by atoms with E-state index in [9.17, 15) is 48.6 Å². The molecule has 304 valence electrons. The molecule has 1 aromatic carbocycles. The van der Waals surface area contributed by atoms with Crippen molar-refractivity contribution in [1.82, 2.24) is 0 Å². The molecule has 0 unspecified atom stereocenters. The average molecular weight is 787 g/mol. The normalized spacial score (nSPS) is 27.3. The SMILES string of the molecule is CC(=O)OC[C@@H]1O[C@H](Oc2cc(O)c(C(C)=O)c(O[C@@H]3O[C@H](COC(C)=O)[C@@H](OC(C)=O)[C@@H](OC(C)=O)[C@H]3O)c2)[C@H](OC(C)=O)[C@@H](OC(C)=O)[C@H]1OC(C)=O. The number of esters is 7. The van der Waals surface area contributed by atoms with Crippen LogP contribution in [0.4, 0.5) is 0 Å². The lowest BCUT2D eigenvalue weighted by Crippen LogP contribution is -2.63. The molecule has 55 heavy (non-hydrogen) atoms. The van der Waals surface area contributed by atoms with E-state index in [0.717, 1.165) is 67.5 Å². The summed E-state index contributed by atoms with van der Waals surface area (Å²) in [6.07, 6.45) is -16.4. The van der Waals surface area contributed by atoms with Crippen LogP contribution in [0.1, 0.15) is 65.7 Å². The third-order valence-electron chi connectivity index (χ3n) is 7.52. The van der Waals surface area contributed by atoms with Gasteiger partial charge in [-0.2, -0.15) is 0 Å². The van der Waals surface area contributed by atoms with E-state index >= 15 is 0 Å². The number of phenols is 1. The van der Waals surface area contributed by atoms with Crippen LogP contribution in [0.3, 0.4) is 0 Å². The van der Waals surface area contributed by atoms with Gasteiger partial charge in [-0.1, -0.05) is 0 Å². The van der Waals surface area contributed by atoms with Gasteiger partial charge in [-0.15, -0.1) is 0 Å². The van der Waals surface area contributed by atoms with Gasteiger partial charge in [-0.25, -0.2) is 0 Å². The second-order valence-corrected chi connectivity index (χ2v) is 12.2. The van der Waals surface area contributed by atoms with Crippen molar-refractivity contribution >= 4 is 47.6 Å². The number of aliphatic hydroxyl groups excluding tert-OH is 1. The Labute approximate surface area is 313 Å². The van der Waals surface area contributed by atoms with Gasteiger partial charge in [0.15, 0.2) is 36.3 Å². The fourth-order valence-electron chi connectivity index (χ4n) is 5.62. The molecule has 0 radical (unpaired) electrons. The van der Waals surface area contributed by atoms with Gasteiger partial charge in [-0.3, -0.25) is 38.4 Å². The van der Waals surface area contributed by atoms with Crippen molar-refractivity contribution in [3.63, 3.8) is 0 Å². The molecule has 2 fully saturated rings. The number of ether oxygens (including phenoxy) is 11. The molecule has 0 saturated carbocycles. The minimum Gasteiger partial charge on any atom is -0.507 e. The third-order valence-corrected chi connectivity index (χ3v) is 7.52. The lowest BCUT2D eigenvalue weighted by molar-refractivity contribution is -0.288. The largest absolute Gasteiger partial charge is 0.507 e. The maximum Gasteiger partial charge on any atom is 0.303 e. The van der Waals surface area contributed by atoms with Gasteiger partial charge >= 0.3 is 41.8 Å². The van der Waals surface area contributed by atoms with Crippen molar-refractivity contribution in [2.24, 2.45) is 0 Å². The van der Waals surface area contributed by atoms with Crippen LogP contribution in [-0.2, 0) is 76.2 Å². The molecule has 3 rings (SSSR count). The summed E-state index contributed by atoms with van der Waals surface area (Å²) in [5, 5.41) is 22.3. The molecule has 0 aliphatic carbocycles. The number of benzene rings is 1. The smallest absolute Gasteiger partial charge is 0.303 e. The van der Waals surface area contributed by atoms with E-state index in [-0.39, 0.29) is 5.75 Å². The number of hydrogen-bond donors (Lipinski definition) is 2. The number of hydrogen-bond acceptors (Lipinski definition) is 21. The minimum atomic E-state index is -1.95. The molecule has 2 N–H and O–H groups in total. The number of aliphatic hydroxyl groups is 1. The quantitative estimate of drug-likeness (QED) is 0.142. The van der Waals surface area contributed by atoms with Crippen molar-refractivity contribution in [3.8, 4) is 17.2 Å². The molecule has 0 spiro atoms. The maximum atomic E-state index is 12.8. The highest BCUT2D eigenvalue weighted by Crippen LogP contribution is 2.39. The Hall–Kier alpha value is -5.54. The molecule has 2 heterocycles. The second kappa shape index (κ2) is 19.2. The van der Waals surface area contributed by atoms with Crippen LogP contribution in [0.5, 0.6) is 17.2 Å². The van der Waals surface area contributed by atoms with E-state index in [1.807, 2.05) is 0 Å². The first-order chi connectivity index (χ1) is 25.7. The number of carbonyl (C=O) groups excluding carboxylic acids is 8. The monoisotopic (exact) mass is 786 g/mol. The maximum absolute atomic E-state index is 12.8. The van der Waals surface area contributed by atoms with E-state index in [0.29, 0.717) is 0 Å². The number of phenolic OH excluding ortho intramolecular Hbond substituents is 1. The average Bonchev–Trinajstić information content (AvgIpc) is 3.03. The van der Waals surface area contributed by atoms with Crippen molar-refractivity contribution < 1.29 is 101 Å². The van der Waals surface area contributed by atoms with Crippen LogP contribution in [-0.4, -0.2) is 132 Å². The highest BCUT2D eigenvalue weighted by molar-refractivity contribution is 5.99. The zero-order valence-corrected chi connectivity index (χ0v) is 31.0. The first-order valence-corrected chi connectivity index (χ1v) is 16.5. The van der Waals surface area contributed by atoms with Crippen LogP contribution >= 0.6 is 0 Å². The Morgan fingerprint density at radius 2 is 0.964 bits per heavy atom. The molecule has 1 aromatic rings. The molecule has 2 aliphatic heterocycles. The molecule has 2 aliphatic rings. The first-order valence-electron chi connectivity index (χ1n) is 16.5. The van der Waals surface area contributed by atoms with Gasteiger partial charge < -0.3 is 62.3 Å². The van der Waals surface area contributed by atoms with Crippen molar-refractivity contribution in [3.05, 3.63) is 17.7 Å².